The van der Waals surface area contributed by atoms with Crippen molar-refractivity contribution in [1.29, 1.82) is 0 Å². The fraction of sp³-hybridized carbons (Fsp3) is 0.500. The molecule has 1 aromatic rings. The summed E-state index contributed by atoms with van der Waals surface area (Å²) in [6.07, 6.45) is 6.02. The average Bonchev–Trinajstić information content (AvgIpc) is 2.75. The predicted molar refractivity (Wildman–Crippen MR) is 77.4 cm³/mol. The lowest BCUT2D eigenvalue weighted by atomic mass is 9.66. The summed E-state index contributed by atoms with van der Waals surface area (Å²) in [6.45, 7) is 2.34. The van der Waals surface area contributed by atoms with Crippen LogP contribution in [0.1, 0.15) is 36.4 Å². The topological polar surface area (TPSA) is 79.3 Å². The molecule has 0 aromatic carbocycles. The number of aromatic nitrogens is 1. The first-order valence-corrected chi connectivity index (χ1v) is 7.47. The van der Waals surface area contributed by atoms with Crippen molar-refractivity contribution in [1.82, 2.24) is 10.3 Å². The molecule has 1 aromatic heterocycles. The van der Waals surface area contributed by atoms with Crippen molar-refractivity contribution in [2.75, 3.05) is 6.54 Å². The Balaban J connectivity index is 1.82. The molecule has 1 aliphatic rings. The SMILES string of the molecule is Cc1nc(/C=C/C(=O)NCC2(CC(=O)O)CCC2)cs1. The maximum atomic E-state index is 11.7. The number of hydrogen-bond acceptors (Lipinski definition) is 4. The van der Waals surface area contributed by atoms with Gasteiger partial charge in [0, 0.05) is 18.0 Å². The third-order valence-corrected chi connectivity index (χ3v) is 4.41. The summed E-state index contributed by atoms with van der Waals surface area (Å²) in [7, 11) is 0. The Hall–Kier alpha value is -1.69. The van der Waals surface area contributed by atoms with E-state index in [2.05, 4.69) is 10.3 Å². The van der Waals surface area contributed by atoms with Crippen LogP contribution in [0.2, 0.25) is 0 Å². The minimum atomic E-state index is -0.799. The largest absolute Gasteiger partial charge is 0.481 e. The molecule has 0 radical (unpaired) electrons. The van der Waals surface area contributed by atoms with Gasteiger partial charge < -0.3 is 10.4 Å². The number of carbonyl (C=O) groups excluding carboxylic acids is 1. The average molecular weight is 294 g/mol. The number of amides is 1. The summed E-state index contributed by atoms with van der Waals surface area (Å²) in [4.78, 5) is 26.8. The van der Waals surface area contributed by atoms with Gasteiger partial charge in [0.05, 0.1) is 17.1 Å². The number of nitrogens with one attached hydrogen (secondary N) is 1. The molecule has 1 saturated carbocycles. The van der Waals surface area contributed by atoms with Crippen LogP contribution >= 0.6 is 11.3 Å². The summed E-state index contributed by atoms with van der Waals surface area (Å²) in [5.41, 5.74) is 0.526. The second kappa shape index (κ2) is 6.17. The van der Waals surface area contributed by atoms with Gasteiger partial charge in [-0.05, 0) is 31.3 Å². The second-order valence-corrected chi connectivity index (χ2v) is 6.33. The Kier molecular flexibility index (Phi) is 4.54. The Morgan fingerprint density at radius 3 is 2.80 bits per heavy atom. The molecule has 0 bridgehead atoms. The van der Waals surface area contributed by atoms with Crippen molar-refractivity contribution < 1.29 is 14.7 Å². The highest BCUT2D eigenvalue weighted by Crippen LogP contribution is 2.43. The van der Waals surface area contributed by atoms with Crippen LogP contribution in [0.25, 0.3) is 6.08 Å². The van der Waals surface area contributed by atoms with E-state index in [1.165, 1.54) is 17.4 Å². The van der Waals surface area contributed by atoms with E-state index in [0.717, 1.165) is 30.0 Å². The zero-order valence-corrected chi connectivity index (χ0v) is 12.2. The highest BCUT2D eigenvalue weighted by molar-refractivity contribution is 7.09. The number of carboxylic acid groups (broad SMARTS) is 1. The van der Waals surface area contributed by atoms with E-state index in [1.54, 1.807) is 6.08 Å². The fourth-order valence-corrected chi connectivity index (χ4v) is 2.95. The van der Waals surface area contributed by atoms with Crippen molar-refractivity contribution in [2.24, 2.45) is 5.41 Å². The summed E-state index contributed by atoms with van der Waals surface area (Å²) in [5.74, 6) is -1.00. The van der Waals surface area contributed by atoms with E-state index < -0.39 is 5.97 Å². The monoisotopic (exact) mass is 294 g/mol. The van der Waals surface area contributed by atoms with E-state index in [4.69, 9.17) is 5.11 Å². The second-order valence-electron chi connectivity index (χ2n) is 5.27. The highest BCUT2D eigenvalue weighted by atomic mass is 32.1. The first-order valence-electron chi connectivity index (χ1n) is 6.59. The molecule has 0 atom stereocenters. The number of aryl methyl sites for hydroxylation is 1. The third-order valence-electron chi connectivity index (χ3n) is 3.62. The van der Waals surface area contributed by atoms with Crippen molar-refractivity contribution in [3.05, 3.63) is 22.2 Å². The number of carboxylic acids is 1. The van der Waals surface area contributed by atoms with Crippen molar-refractivity contribution in [3.8, 4) is 0 Å². The van der Waals surface area contributed by atoms with Gasteiger partial charge >= 0.3 is 5.97 Å². The van der Waals surface area contributed by atoms with Crippen LogP contribution in [-0.2, 0) is 9.59 Å². The van der Waals surface area contributed by atoms with Gasteiger partial charge in [0.1, 0.15) is 0 Å². The number of carbonyl (C=O) groups is 2. The van der Waals surface area contributed by atoms with Gasteiger partial charge in [0.15, 0.2) is 0 Å². The van der Waals surface area contributed by atoms with Gasteiger partial charge in [-0.1, -0.05) is 6.42 Å². The van der Waals surface area contributed by atoms with Crippen LogP contribution in [0, 0.1) is 12.3 Å². The maximum absolute atomic E-state index is 11.7. The molecule has 1 fully saturated rings. The smallest absolute Gasteiger partial charge is 0.303 e. The third kappa shape index (κ3) is 3.90. The zero-order valence-electron chi connectivity index (χ0n) is 11.4. The minimum absolute atomic E-state index is 0.127. The van der Waals surface area contributed by atoms with Crippen LogP contribution in [0.3, 0.4) is 0 Å². The fourth-order valence-electron chi connectivity index (χ4n) is 2.36. The molecule has 1 aliphatic carbocycles. The van der Waals surface area contributed by atoms with Crippen LogP contribution in [0.5, 0.6) is 0 Å². The predicted octanol–water partition coefficient (Wildman–Crippen LogP) is 2.23. The molecule has 0 spiro atoms. The molecule has 108 valence electrons. The van der Waals surface area contributed by atoms with Crippen LogP contribution in [0.4, 0.5) is 0 Å². The van der Waals surface area contributed by atoms with E-state index in [0.29, 0.717) is 6.54 Å². The number of hydrogen-bond donors (Lipinski definition) is 2. The number of thiazole rings is 1. The molecule has 0 unspecified atom stereocenters. The number of nitrogens with zero attached hydrogens (tertiary/aromatic N) is 1. The van der Waals surface area contributed by atoms with Gasteiger partial charge in [-0.2, -0.15) is 0 Å². The van der Waals surface area contributed by atoms with Crippen molar-refractivity contribution in [3.63, 3.8) is 0 Å². The van der Waals surface area contributed by atoms with Crippen LogP contribution in [-0.4, -0.2) is 28.5 Å². The lowest BCUT2D eigenvalue weighted by molar-refractivity contribution is -0.141. The van der Waals surface area contributed by atoms with E-state index in [-0.39, 0.29) is 17.7 Å². The molecule has 2 N–H and O–H groups in total. The Labute approximate surface area is 121 Å². The first kappa shape index (κ1) is 14.7. The molecular weight excluding hydrogens is 276 g/mol. The van der Waals surface area contributed by atoms with Gasteiger partial charge in [0.25, 0.3) is 0 Å². The molecule has 0 aliphatic heterocycles. The van der Waals surface area contributed by atoms with Crippen LogP contribution < -0.4 is 5.32 Å². The van der Waals surface area contributed by atoms with Gasteiger partial charge in [-0.25, -0.2) is 4.98 Å². The molecule has 2 rings (SSSR count). The number of aliphatic carboxylic acids is 1. The van der Waals surface area contributed by atoms with Gasteiger partial charge in [-0.3, -0.25) is 9.59 Å². The Bertz CT molecular complexity index is 532. The lowest BCUT2D eigenvalue weighted by Gasteiger charge is -2.40. The summed E-state index contributed by atoms with van der Waals surface area (Å²) in [5, 5.41) is 14.5. The van der Waals surface area contributed by atoms with Gasteiger partial charge in [0.2, 0.25) is 5.91 Å². The summed E-state index contributed by atoms with van der Waals surface area (Å²) in [6, 6.07) is 0. The summed E-state index contributed by atoms with van der Waals surface area (Å²) >= 11 is 1.53. The van der Waals surface area contributed by atoms with Gasteiger partial charge in [-0.15, -0.1) is 11.3 Å². The number of rotatable bonds is 6. The Morgan fingerprint density at radius 1 is 1.55 bits per heavy atom. The normalized spacial score (nSPS) is 16.9. The minimum Gasteiger partial charge on any atom is -0.481 e. The molecular formula is C14H18N2O3S. The summed E-state index contributed by atoms with van der Waals surface area (Å²) < 4.78 is 0. The Morgan fingerprint density at radius 2 is 2.30 bits per heavy atom. The van der Waals surface area contributed by atoms with E-state index in [9.17, 15) is 9.59 Å². The lowest BCUT2D eigenvalue weighted by Crippen LogP contribution is -2.43. The maximum Gasteiger partial charge on any atom is 0.303 e. The van der Waals surface area contributed by atoms with Crippen molar-refractivity contribution in [2.45, 2.75) is 32.6 Å². The molecule has 1 amide bonds. The van der Waals surface area contributed by atoms with Crippen LogP contribution in [0.15, 0.2) is 11.5 Å². The first-order chi connectivity index (χ1) is 9.49. The molecule has 1 heterocycles. The molecule has 5 nitrogen and oxygen atoms in total. The standard InChI is InChI=1S/C14H18N2O3S/c1-10-16-11(8-20-10)3-4-12(17)15-9-14(5-2-6-14)7-13(18)19/h3-4,8H,2,5-7,9H2,1H3,(H,15,17)(H,18,19)/b4-3+. The van der Waals surface area contributed by atoms with E-state index in [1.807, 2.05) is 12.3 Å². The molecule has 20 heavy (non-hydrogen) atoms. The highest BCUT2D eigenvalue weighted by Gasteiger charge is 2.38. The molecule has 0 saturated heterocycles. The van der Waals surface area contributed by atoms with E-state index >= 15 is 0 Å². The quantitative estimate of drug-likeness (QED) is 0.788. The van der Waals surface area contributed by atoms with Crippen molar-refractivity contribution >= 4 is 29.3 Å². The zero-order chi connectivity index (χ0) is 14.6. The molecule has 6 heteroatoms.